The van der Waals surface area contributed by atoms with Gasteiger partial charge in [-0.05, 0) is 30.9 Å². The molecule has 1 saturated carbocycles. The minimum absolute atomic E-state index is 0.139. The van der Waals surface area contributed by atoms with Crippen LogP contribution >= 0.6 is 0 Å². The number of aryl methyl sites for hydroxylation is 1. The minimum Gasteiger partial charge on any atom is -0.339 e. The number of pyridine rings is 1. The van der Waals surface area contributed by atoms with E-state index in [1.165, 1.54) is 12.8 Å². The van der Waals surface area contributed by atoms with E-state index in [9.17, 15) is 0 Å². The fourth-order valence-electron chi connectivity index (χ4n) is 2.89. The number of hydrogen-bond donors (Lipinski definition) is 1. The van der Waals surface area contributed by atoms with Crippen LogP contribution in [0.2, 0.25) is 0 Å². The minimum atomic E-state index is 0.139. The van der Waals surface area contributed by atoms with Crippen LogP contribution in [-0.4, -0.2) is 21.2 Å². The number of hydrogen-bond acceptors (Lipinski definition) is 5. The summed E-state index contributed by atoms with van der Waals surface area (Å²) < 4.78 is 5.47. The first-order valence-electron chi connectivity index (χ1n) is 7.32. The van der Waals surface area contributed by atoms with E-state index >= 15 is 0 Å². The molecule has 106 valence electrons. The highest BCUT2D eigenvalue weighted by molar-refractivity contribution is 5.58. The van der Waals surface area contributed by atoms with Gasteiger partial charge in [-0.15, -0.1) is 0 Å². The summed E-state index contributed by atoms with van der Waals surface area (Å²) >= 11 is 0. The highest BCUT2D eigenvalue weighted by Gasteiger charge is 2.28. The van der Waals surface area contributed by atoms with Crippen LogP contribution in [-0.2, 0) is 6.42 Å². The fraction of sp³-hybridized carbons (Fsp3) is 0.533. The first-order valence-corrected chi connectivity index (χ1v) is 7.32. The fourth-order valence-corrected chi connectivity index (χ4v) is 2.89. The zero-order valence-corrected chi connectivity index (χ0v) is 11.7. The van der Waals surface area contributed by atoms with E-state index < -0.39 is 0 Å². The molecule has 3 rings (SSSR count). The molecule has 0 spiro atoms. The summed E-state index contributed by atoms with van der Waals surface area (Å²) in [6.45, 7) is 2.10. The van der Waals surface area contributed by atoms with Gasteiger partial charge < -0.3 is 10.3 Å². The molecule has 2 aromatic rings. The monoisotopic (exact) mass is 272 g/mol. The van der Waals surface area contributed by atoms with Gasteiger partial charge in [-0.1, -0.05) is 24.9 Å². The summed E-state index contributed by atoms with van der Waals surface area (Å²) in [7, 11) is 0. The second-order valence-corrected chi connectivity index (χ2v) is 5.40. The first kappa shape index (κ1) is 13.2. The molecule has 2 heterocycles. The van der Waals surface area contributed by atoms with Gasteiger partial charge in [-0.3, -0.25) is 4.98 Å². The van der Waals surface area contributed by atoms with Crippen molar-refractivity contribution in [3.8, 4) is 11.4 Å². The molecule has 2 aromatic heterocycles. The zero-order chi connectivity index (χ0) is 13.9. The molecule has 2 unspecified atom stereocenters. The molecule has 2 N–H and O–H groups in total. The molecular formula is C15H20N4O. The van der Waals surface area contributed by atoms with E-state index in [2.05, 4.69) is 22.0 Å². The topological polar surface area (TPSA) is 77.8 Å². The van der Waals surface area contributed by atoms with Crippen molar-refractivity contribution in [1.82, 2.24) is 15.1 Å². The quantitative estimate of drug-likeness (QED) is 0.929. The molecule has 0 aliphatic heterocycles. The average molecular weight is 272 g/mol. The lowest BCUT2D eigenvalue weighted by Crippen LogP contribution is -2.31. The molecule has 0 radical (unpaired) electrons. The predicted molar refractivity (Wildman–Crippen MR) is 76.1 cm³/mol. The van der Waals surface area contributed by atoms with Crippen molar-refractivity contribution in [3.63, 3.8) is 0 Å². The second-order valence-electron chi connectivity index (χ2n) is 5.40. The standard InChI is InChI=1S/C15H20N4O/c1-2-10-9-17-8-7-11(10)14-18-15(20-19-14)12-5-3-4-6-13(12)16/h7-9,12-13H,2-6,16H2,1H3. The van der Waals surface area contributed by atoms with Gasteiger partial charge in [0.05, 0.1) is 5.92 Å². The first-order chi connectivity index (χ1) is 9.79. The van der Waals surface area contributed by atoms with Crippen LogP contribution in [0.3, 0.4) is 0 Å². The smallest absolute Gasteiger partial charge is 0.231 e. The highest BCUT2D eigenvalue weighted by atomic mass is 16.5. The molecule has 0 aromatic carbocycles. The number of aromatic nitrogens is 3. The Morgan fingerprint density at radius 1 is 1.35 bits per heavy atom. The maximum Gasteiger partial charge on any atom is 0.231 e. The van der Waals surface area contributed by atoms with Gasteiger partial charge in [-0.25, -0.2) is 0 Å². The molecule has 1 aliphatic carbocycles. The highest BCUT2D eigenvalue weighted by Crippen LogP contribution is 2.32. The molecule has 0 bridgehead atoms. The molecule has 5 nitrogen and oxygen atoms in total. The van der Waals surface area contributed by atoms with Crippen molar-refractivity contribution in [2.45, 2.75) is 51.0 Å². The van der Waals surface area contributed by atoms with Crippen molar-refractivity contribution in [3.05, 3.63) is 29.9 Å². The van der Waals surface area contributed by atoms with E-state index in [1.54, 1.807) is 6.20 Å². The lowest BCUT2D eigenvalue weighted by Gasteiger charge is -2.25. The third-order valence-electron chi connectivity index (χ3n) is 4.10. The van der Waals surface area contributed by atoms with Gasteiger partial charge in [0.25, 0.3) is 0 Å². The van der Waals surface area contributed by atoms with Crippen LogP contribution in [0.1, 0.15) is 50.0 Å². The van der Waals surface area contributed by atoms with Gasteiger partial charge >= 0.3 is 0 Å². The van der Waals surface area contributed by atoms with Crippen molar-refractivity contribution < 1.29 is 4.52 Å². The summed E-state index contributed by atoms with van der Waals surface area (Å²) in [4.78, 5) is 8.72. The molecule has 5 heteroatoms. The lowest BCUT2D eigenvalue weighted by molar-refractivity contribution is 0.290. The summed E-state index contributed by atoms with van der Waals surface area (Å²) in [5.74, 6) is 1.54. The Morgan fingerprint density at radius 2 is 2.20 bits per heavy atom. The summed E-state index contributed by atoms with van der Waals surface area (Å²) in [5.41, 5.74) is 8.31. The van der Waals surface area contributed by atoms with Crippen LogP contribution in [0, 0.1) is 0 Å². The summed E-state index contributed by atoms with van der Waals surface area (Å²) in [6, 6.07) is 2.08. The Morgan fingerprint density at radius 3 is 3.00 bits per heavy atom. The molecule has 1 fully saturated rings. The Kier molecular flexibility index (Phi) is 3.78. The van der Waals surface area contributed by atoms with Crippen LogP contribution in [0.15, 0.2) is 23.0 Å². The van der Waals surface area contributed by atoms with Crippen LogP contribution < -0.4 is 5.73 Å². The summed E-state index contributed by atoms with van der Waals surface area (Å²) in [6.07, 6.45) is 8.98. The lowest BCUT2D eigenvalue weighted by atomic mass is 9.85. The number of nitrogens with two attached hydrogens (primary N) is 1. The van der Waals surface area contributed by atoms with Gasteiger partial charge in [0.1, 0.15) is 0 Å². The molecule has 20 heavy (non-hydrogen) atoms. The second kappa shape index (κ2) is 5.71. The molecular weight excluding hydrogens is 252 g/mol. The third kappa shape index (κ3) is 2.45. The third-order valence-corrected chi connectivity index (χ3v) is 4.10. The Hall–Kier alpha value is -1.75. The van der Waals surface area contributed by atoms with Crippen molar-refractivity contribution in [2.24, 2.45) is 5.73 Å². The van der Waals surface area contributed by atoms with E-state index in [4.69, 9.17) is 10.3 Å². The largest absolute Gasteiger partial charge is 0.339 e. The molecule has 2 atom stereocenters. The molecule has 0 amide bonds. The normalized spacial score (nSPS) is 22.9. The summed E-state index contributed by atoms with van der Waals surface area (Å²) in [5, 5.41) is 4.14. The van der Waals surface area contributed by atoms with E-state index in [1.807, 2.05) is 12.3 Å². The van der Waals surface area contributed by atoms with E-state index in [0.29, 0.717) is 11.7 Å². The Balaban J connectivity index is 1.90. The van der Waals surface area contributed by atoms with Crippen LogP contribution in [0.4, 0.5) is 0 Å². The predicted octanol–water partition coefficient (Wildman–Crippen LogP) is 2.68. The van der Waals surface area contributed by atoms with E-state index in [-0.39, 0.29) is 12.0 Å². The van der Waals surface area contributed by atoms with Gasteiger partial charge in [0, 0.05) is 24.0 Å². The Labute approximate surface area is 118 Å². The van der Waals surface area contributed by atoms with Gasteiger partial charge in [-0.2, -0.15) is 4.98 Å². The molecule has 1 aliphatic rings. The maximum atomic E-state index is 6.18. The Bertz CT molecular complexity index is 581. The van der Waals surface area contributed by atoms with Gasteiger partial charge in [0.15, 0.2) is 0 Å². The van der Waals surface area contributed by atoms with Gasteiger partial charge in [0.2, 0.25) is 11.7 Å². The van der Waals surface area contributed by atoms with E-state index in [0.717, 1.165) is 30.4 Å². The zero-order valence-electron chi connectivity index (χ0n) is 11.7. The maximum absolute atomic E-state index is 6.18. The average Bonchev–Trinajstić information content (AvgIpc) is 2.97. The number of nitrogens with zero attached hydrogens (tertiary/aromatic N) is 3. The van der Waals surface area contributed by atoms with Crippen LogP contribution in [0.5, 0.6) is 0 Å². The van der Waals surface area contributed by atoms with Crippen molar-refractivity contribution in [2.75, 3.05) is 0 Å². The number of rotatable bonds is 3. The van der Waals surface area contributed by atoms with Crippen molar-refractivity contribution in [1.29, 1.82) is 0 Å². The van der Waals surface area contributed by atoms with Crippen molar-refractivity contribution >= 4 is 0 Å². The van der Waals surface area contributed by atoms with Crippen LogP contribution in [0.25, 0.3) is 11.4 Å². The molecule has 0 saturated heterocycles. The SMILES string of the molecule is CCc1cnccc1-c1noc(C2CCCCC2N)n1.